The van der Waals surface area contributed by atoms with Crippen LogP contribution < -0.4 is 10.5 Å². The Balaban J connectivity index is 1.51. The highest BCUT2D eigenvalue weighted by atomic mass is 35.5. The quantitative estimate of drug-likeness (QED) is 0.301. The molecule has 0 spiro atoms. The summed E-state index contributed by atoms with van der Waals surface area (Å²) in [4.78, 5) is 34.5. The van der Waals surface area contributed by atoms with E-state index in [-0.39, 0.29) is 29.5 Å². The third kappa shape index (κ3) is 6.60. The van der Waals surface area contributed by atoms with Crippen LogP contribution in [0, 0.1) is 19.3 Å². The minimum Gasteiger partial charge on any atom is -0.463 e. The number of aromatic amines is 1. The average Bonchev–Trinajstić information content (AvgIpc) is 2.91. The summed E-state index contributed by atoms with van der Waals surface area (Å²) in [5, 5.41) is 0.816. The average molecular weight is 590 g/mol. The van der Waals surface area contributed by atoms with Gasteiger partial charge in [-0.15, -0.1) is 0 Å². The summed E-state index contributed by atoms with van der Waals surface area (Å²) in [5.41, 5.74) is 9.12. The number of nitrogens with zero attached hydrogens (tertiary/aromatic N) is 2. The van der Waals surface area contributed by atoms with Gasteiger partial charge >= 0.3 is 5.97 Å². The third-order valence-electron chi connectivity index (χ3n) is 8.95. The van der Waals surface area contributed by atoms with Gasteiger partial charge < -0.3 is 14.6 Å². The summed E-state index contributed by atoms with van der Waals surface area (Å²) in [5.74, 6) is -0.274. The van der Waals surface area contributed by atoms with E-state index in [1.807, 2.05) is 32.9 Å². The van der Waals surface area contributed by atoms with Crippen molar-refractivity contribution in [3.8, 4) is 11.1 Å². The van der Waals surface area contributed by atoms with Crippen molar-refractivity contribution in [2.75, 3.05) is 24.5 Å². The number of hydrogen-bond donors (Lipinski definition) is 1. The van der Waals surface area contributed by atoms with Gasteiger partial charge in [-0.1, -0.05) is 55.8 Å². The molecular weight excluding hydrogens is 546 g/mol. The molecule has 2 aliphatic rings. The van der Waals surface area contributed by atoms with E-state index >= 15 is 0 Å². The Labute approximate surface area is 255 Å². The SMILES string of the molecule is Cc1cccc(Cl)c1CN1CCc2cc(-c3c(N4CCC(C)(C)CC4)c(CC(=O)OC(C)C)c(C)[nH]c3=O)ccc2C1. The zero-order valence-corrected chi connectivity index (χ0v) is 26.7. The molecule has 1 aromatic heterocycles. The molecule has 1 saturated heterocycles. The molecule has 1 fully saturated rings. The molecule has 0 atom stereocenters. The number of carbonyl (C=O) groups excluding carboxylic acids is 1. The van der Waals surface area contributed by atoms with E-state index in [9.17, 15) is 9.59 Å². The lowest BCUT2D eigenvalue weighted by Crippen LogP contribution is -2.39. The fraction of sp³-hybridized carbons (Fsp3) is 0.486. The molecule has 3 heterocycles. The molecule has 6 nitrogen and oxygen atoms in total. The highest BCUT2D eigenvalue weighted by Gasteiger charge is 2.31. The van der Waals surface area contributed by atoms with Gasteiger partial charge in [0.2, 0.25) is 0 Å². The van der Waals surface area contributed by atoms with E-state index in [1.54, 1.807) is 0 Å². The maximum absolute atomic E-state index is 13.7. The molecule has 0 unspecified atom stereocenters. The van der Waals surface area contributed by atoms with E-state index in [2.05, 4.69) is 59.8 Å². The normalized spacial score (nSPS) is 16.9. The molecule has 1 N–H and O–H groups in total. The fourth-order valence-electron chi connectivity index (χ4n) is 6.35. The van der Waals surface area contributed by atoms with Crippen LogP contribution >= 0.6 is 11.6 Å². The van der Waals surface area contributed by atoms with Crippen LogP contribution in [-0.2, 0) is 35.5 Å². The van der Waals surface area contributed by atoms with E-state index in [0.29, 0.717) is 5.56 Å². The van der Waals surface area contributed by atoms with Gasteiger partial charge in [-0.3, -0.25) is 14.5 Å². The van der Waals surface area contributed by atoms with Crippen LogP contribution in [0.3, 0.4) is 0 Å². The van der Waals surface area contributed by atoms with Crippen LogP contribution in [0.4, 0.5) is 5.69 Å². The largest absolute Gasteiger partial charge is 0.463 e. The molecule has 5 rings (SSSR count). The van der Waals surface area contributed by atoms with E-state index < -0.39 is 0 Å². The third-order valence-corrected chi connectivity index (χ3v) is 9.30. The van der Waals surface area contributed by atoms with Crippen molar-refractivity contribution in [3.05, 3.63) is 85.3 Å². The summed E-state index contributed by atoms with van der Waals surface area (Å²) < 4.78 is 5.54. The molecule has 0 amide bonds. The molecule has 0 saturated carbocycles. The first-order valence-electron chi connectivity index (χ1n) is 15.2. The number of esters is 1. The Kier molecular flexibility index (Phi) is 8.86. The highest BCUT2D eigenvalue weighted by Crippen LogP contribution is 2.39. The number of pyridine rings is 1. The summed E-state index contributed by atoms with van der Waals surface area (Å²) in [6.07, 6.45) is 2.89. The smallest absolute Gasteiger partial charge is 0.310 e. The number of fused-ring (bicyclic) bond motifs is 1. The lowest BCUT2D eigenvalue weighted by atomic mass is 9.82. The second-order valence-corrected chi connectivity index (χ2v) is 13.5. The van der Waals surface area contributed by atoms with Crippen LogP contribution in [0.25, 0.3) is 11.1 Å². The maximum Gasteiger partial charge on any atom is 0.310 e. The van der Waals surface area contributed by atoms with Crippen LogP contribution in [0.1, 0.15) is 74.0 Å². The highest BCUT2D eigenvalue weighted by molar-refractivity contribution is 6.31. The number of carbonyl (C=O) groups is 1. The summed E-state index contributed by atoms with van der Waals surface area (Å²) in [6.45, 7) is 16.6. The molecule has 2 aliphatic heterocycles. The first-order chi connectivity index (χ1) is 19.9. The lowest BCUT2D eigenvalue weighted by molar-refractivity contribution is -0.146. The van der Waals surface area contributed by atoms with Crippen molar-refractivity contribution in [2.45, 2.75) is 86.4 Å². The Morgan fingerprint density at radius 1 is 1.05 bits per heavy atom. The van der Waals surface area contributed by atoms with Crippen molar-refractivity contribution in [1.29, 1.82) is 0 Å². The Morgan fingerprint density at radius 3 is 2.48 bits per heavy atom. The van der Waals surface area contributed by atoms with Gasteiger partial charge in [0.05, 0.1) is 23.8 Å². The number of aryl methyl sites for hydroxylation is 2. The standard InChI is InChI=1S/C35H44ClN3O3/c1-22(2)42-31(40)19-28-24(4)37-34(41)32(33(28)39-16-13-35(5,6)14-17-39)26-10-11-27-20-38(15-12-25(27)18-26)21-29-23(3)8-7-9-30(29)36/h7-11,18,22H,12-17,19-21H2,1-6H3,(H,37,41). The monoisotopic (exact) mass is 589 g/mol. The Hall–Kier alpha value is -3.09. The number of piperidine rings is 1. The molecule has 7 heteroatoms. The number of H-pyrrole nitrogens is 1. The molecule has 42 heavy (non-hydrogen) atoms. The van der Waals surface area contributed by atoms with Crippen LogP contribution in [0.15, 0.2) is 41.2 Å². The van der Waals surface area contributed by atoms with Crippen molar-refractivity contribution >= 4 is 23.3 Å². The number of hydrogen-bond acceptors (Lipinski definition) is 5. The number of anilines is 1. The minimum atomic E-state index is -0.274. The van der Waals surface area contributed by atoms with Gasteiger partial charge in [0.1, 0.15) is 0 Å². The van der Waals surface area contributed by atoms with Gasteiger partial charge in [-0.25, -0.2) is 0 Å². The summed E-state index contributed by atoms with van der Waals surface area (Å²) >= 11 is 6.53. The van der Waals surface area contributed by atoms with Crippen molar-refractivity contribution in [1.82, 2.24) is 9.88 Å². The molecule has 0 bridgehead atoms. The number of nitrogens with one attached hydrogen (secondary N) is 1. The van der Waals surface area contributed by atoms with Crippen molar-refractivity contribution in [2.24, 2.45) is 5.41 Å². The number of ether oxygens (including phenoxy) is 1. The lowest BCUT2D eigenvalue weighted by Gasteiger charge is -2.40. The second-order valence-electron chi connectivity index (χ2n) is 13.1. The zero-order chi connectivity index (χ0) is 30.2. The minimum absolute atomic E-state index is 0.111. The first-order valence-corrected chi connectivity index (χ1v) is 15.6. The van der Waals surface area contributed by atoms with Gasteiger partial charge in [0.25, 0.3) is 5.56 Å². The Bertz CT molecular complexity index is 1510. The van der Waals surface area contributed by atoms with Crippen LogP contribution in [-0.4, -0.2) is 41.6 Å². The van der Waals surface area contributed by atoms with Gasteiger partial charge in [0.15, 0.2) is 0 Å². The first kappa shape index (κ1) is 30.4. The van der Waals surface area contributed by atoms with Gasteiger partial charge in [0, 0.05) is 49.0 Å². The second kappa shape index (κ2) is 12.3. The number of rotatable bonds is 7. The fourth-order valence-corrected chi connectivity index (χ4v) is 6.64. The number of halogens is 1. The molecule has 3 aromatic rings. The molecule has 2 aromatic carbocycles. The van der Waals surface area contributed by atoms with Crippen molar-refractivity contribution in [3.63, 3.8) is 0 Å². The van der Waals surface area contributed by atoms with Crippen molar-refractivity contribution < 1.29 is 9.53 Å². The predicted molar refractivity (Wildman–Crippen MR) is 171 cm³/mol. The predicted octanol–water partition coefficient (Wildman–Crippen LogP) is 6.99. The van der Waals surface area contributed by atoms with E-state index in [0.717, 1.165) is 79.5 Å². The maximum atomic E-state index is 13.7. The van der Waals surface area contributed by atoms with Gasteiger partial charge in [-0.05, 0) is 86.3 Å². The van der Waals surface area contributed by atoms with Crippen LogP contribution in [0.2, 0.25) is 5.02 Å². The topological polar surface area (TPSA) is 65.6 Å². The molecule has 224 valence electrons. The summed E-state index contributed by atoms with van der Waals surface area (Å²) in [7, 11) is 0. The van der Waals surface area contributed by atoms with E-state index in [4.69, 9.17) is 16.3 Å². The number of aromatic nitrogens is 1. The molecular formula is C35H44ClN3O3. The van der Waals surface area contributed by atoms with Crippen LogP contribution in [0.5, 0.6) is 0 Å². The van der Waals surface area contributed by atoms with E-state index in [1.165, 1.54) is 22.3 Å². The Morgan fingerprint density at radius 2 is 1.79 bits per heavy atom. The molecule has 0 radical (unpaired) electrons. The van der Waals surface area contributed by atoms with Gasteiger partial charge in [-0.2, -0.15) is 0 Å². The summed E-state index contributed by atoms with van der Waals surface area (Å²) in [6, 6.07) is 12.5. The number of benzene rings is 2. The molecule has 0 aliphatic carbocycles. The zero-order valence-electron chi connectivity index (χ0n) is 25.9.